The lowest BCUT2D eigenvalue weighted by molar-refractivity contribution is -0.333. The van der Waals surface area contributed by atoms with Crippen molar-refractivity contribution in [2.75, 3.05) is 13.7 Å². The Balaban J connectivity index is 0.00000937. The van der Waals surface area contributed by atoms with Crippen molar-refractivity contribution in [3.63, 3.8) is 0 Å². The lowest BCUT2D eigenvalue weighted by atomic mass is 9.88. The number of aliphatic hydroxyl groups excluding tert-OH is 5. The van der Waals surface area contributed by atoms with Crippen LogP contribution in [0.4, 0.5) is 0 Å². The minimum absolute atomic E-state index is 0. The number of aliphatic hydroxyl groups is 5. The van der Waals surface area contributed by atoms with Crippen LogP contribution in [0.5, 0.6) is 5.75 Å². The second-order valence-corrected chi connectivity index (χ2v) is 20.4. The number of ether oxygens (including phenoxy) is 8. The van der Waals surface area contributed by atoms with Crippen LogP contribution in [0.3, 0.4) is 0 Å². The van der Waals surface area contributed by atoms with E-state index in [1.807, 2.05) is 32.9 Å². The summed E-state index contributed by atoms with van der Waals surface area (Å²) in [6, 6.07) is 0. The van der Waals surface area contributed by atoms with Gasteiger partial charge in [-0.1, -0.05) is 86.9 Å². The van der Waals surface area contributed by atoms with E-state index >= 15 is 0 Å². The molecule has 14 atom stereocenters. The van der Waals surface area contributed by atoms with Crippen LogP contribution in [0.2, 0.25) is 10.0 Å². The number of rotatable bonds is 13. The molecule has 0 bridgehead atoms. The zero-order valence-corrected chi connectivity index (χ0v) is 49.6. The van der Waals surface area contributed by atoms with Gasteiger partial charge in [0.15, 0.2) is 24.8 Å². The van der Waals surface area contributed by atoms with Gasteiger partial charge in [-0.25, -0.2) is 9.59 Å². The van der Waals surface area contributed by atoms with E-state index in [9.17, 15) is 45.0 Å². The number of cyclic esters (lactones) is 1. The SMILES string of the molecule is CCc1c(Cl)c(C)c(Cl)c(O)c1C(=O)O[C@H]1[C@H](O)[C@H](OC)[C@H](OC/C2=C\C=C\C[C@H](O)/C(C)=C/[C@H](CC)[C@@H](O[C@@H]3OC(C)(C)[C@@H](OC(=O)C(C)C)[C@H](O)[C@@H]3O)/C(C)=C/C(C)=C/C[C@@H]([C@@H](C)O)OC2=O)O[C@@H]1C.S.S.S. The fraction of sp³-hybridized carbons (Fsp3) is 0.642. The maximum Gasteiger partial charge on any atom is 0.342 e. The number of methoxy groups -OCH3 is 1. The molecule has 0 amide bonds. The van der Waals surface area contributed by atoms with Gasteiger partial charge in [0.2, 0.25) is 0 Å². The summed E-state index contributed by atoms with van der Waals surface area (Å²) in [4.78, 5) is 40.1. The molecule has 0 saturated carbocycles. The molecular weight excluding hydrogens is 1080 g/mol. The summed E-state index contributed by atoms with van der Waals surface area (Å²) >= 11 is 12.8. The highest BCUT2D eigenvalue weighted by atomic mass is 35.5. The number of carbonyl (C=O) groups excluding carboxylic acids is 3. The number of aromatic hydroxyl groups is 1. The van der Waals surface area contributed by atoms with E-state index in [1.165, 1.54) is 27.0 Å². The highest BCUT2D eigenvalue weighted by Crippen LogP contribution is 2.41. The molecule has 0 unspecified atom stereocenters. The molecule has 75 heavy (non-hydrogen) atoms. The lowest BCUT2D eigenvalue weighted by Crippen LogP contribution is -2.64. The van der Waals surface area contributed by atoms with Gasteiger partial charge in [-0.05, 0) is 103 Å². The molecule has 0 radical (unpaired) electrons. The highest BCUT2D eigenvalue weighted by molar-refractivity contribution is 7.59. The van der Waals surface area contributed by atoms with E-state index in [-0.39, 0.29) is 86.8 Å². The highest BCUT2D eigenvalue weighted by Gasteiger charge is 2.53. The first kappa shape index (κ1) is 70.4. The maximum absolute atomic E-state index is 14.0. The first-order valence-corrected chi connectivity index (χ1v) is 25.2. The van der Waals surface area contributed by atoms with Crippen molar-refractivity contribution in [3.05, 3.63) is 85.5 Å². The molecule has 2 fully saturated rings. The van der Waals surface area contributed by atoms with E-state index in [0.717, 1.165) is 0 Å². The quantitative estimate of drug-likeness (QED) is 0.0651. The van der Waals surface area contributed by atoms with Crippen molar-refractivity contribution in [1.82, 2.24) is 0 Å². The Labute approximate surface area is 472 Å². The van der Waals surface area contributed by atoms with Crippen molar-refractivity contribution >= 4 is 81.6 Å². The standard InChI is InChI=1S/C53H76Cl2O17.3H2S/c1-14-32-23-27(6)35(57)19-17-16-18-33(24-66-52-46(65-13)43(61)45(31(10)67-52)69-50(64)37-34(15-2)38(54)29(8)39(55)40(37)58)49(63)68-36(30(9)56)21-20-26(5)22-28(7)44(32)70-51-42(60)41(59)47(53(11,12)72-51)71-48(62)25(3)4;;;/h16-18,20,22-23,25,30-32,35-36,41-47,51-52,56-61H,14-15,19,21,24H2,1-13H3;3*1H2/b17-16+,26-20+,27-23+,28-22+,33-18+;;;/t30-,31-,32+,35+,36+,41-,42+,43+,44+,45-,46+,47+,51-,52-;;;/m1.../s1. The van der Waals surface area contributed by atoms with Crippen LogP contribution in [0.1, 0.15) is 117 Å². The molecule has 1 aromatic rings. The minimum Gasteiger partial charge on any atom is -0.505 e. The number of benzene rings is 1. The topological polar surface area (TPSA) is 246 Å². The first-order chi connectivity index (χ1) is 33.7. The van der Waals surface area contributed by atoms with E-state index in [0.29, 0.717) is 34.3 Å². The fourth-order valence-electron chi connectivity index (χ4n) is 8.75. The Morgan fingerprint density at radius 2 is 1.53 bits per heavy atom. The van der Waals surface area contributed by atoms with Crippen molar-refractivity contribution in [2.45, 2.75) is 194 Å². The smallest absolute Gasteiger partial charge is 0.342 e. The van der Waals surface area contributed by atoms with Crippen molar-refractivity contribution in [3.8, 4) is 5.75 Å². The third kappa shape index (κ3) is 17.7. The lowest BCUT2D eigenvalue weighted by Gasteiger charge is -2.47. The summed E-state index contributed by atoms with van der Waals surface area (Å²) in [5.74, 6) is -3.78. The maximum atomic E-state index is 14.0. The van der Waals surface area contributed by atoms with Gasteiger partial charge in [0, 0.05) is 24.5 Å². The molecule has 0 aliphatic carbocycles. The van der Waals surface area contributed by atoms with Gasteiger partial charge in [-0.2, -0.15) is 40.5 Å². The minimum atomic E-state index is -1.60. The van der Waals surface area contributed by atoms with Gasteiger partial charge in [-0.3, -0.25) is 4.79 Å². The number of phenolic OH excluding ortho intramolecular Hbond substituents is 1. The number of hydrogen-bond acceptors (Lipinski definition) is 17. The van der Waals surface area contributed by atoms with Crippen molar-refractivity contribution in [1.29, 1.82) is 0 Å². The third-order valence-electron chi connectivity index (χ3n) is 13.2. The Morgan fingerprint density at radius 1 is 0.893 bits per heavy atom. The van der Waals surface area contributed by atoms with Crippen LogP contribution in [0.25, 0.3) is 0 Å². The average Bonchev–Trinajstić information content (AvgIpc) is 3.32. The molecule has 0 aromatic heterocycles. The Hall–Kier alpha value is -2.64. The number of phenols is 1. The van der Waals surface area contributed by atoms with E-state index in [4.69, 9.17) is 61.1 Å². The molecule has 6 N–H and O–H groups in total. The van der Waals surface area contributed by atoms with Gasteiger partial charge >= 0.3 is 17.9 Å². The van der Waals surface area contributed by atoms with Gasteiger partial charge in [-0.15, -0.1) is 0 Å². The van der Waals surface area contributed by atoms with Crippen LogP contribution in [0.15, 0.2) is 58.7 Å². The van der Waals surface area contributed by atoms with Crippen molar-refractivity contribution in [2.24, 2.45) is 11.8 Å². The number of carbonyl (C=O) groups is 3. The number of esters is 3. The second kappa shape index (κ2) is 31.2. The van der Waals surface area contributed by atoms with Gasteiger partial charge in [0.1, 0.15) is 47.4 Å². The molecule has 0 spiro atoms. The first-order valence-electron chi connectivity index (χ1n) is 24.4. The third-order valence-corrected chi connectivity index (χ3v) is 14.2. The molecule has 2 saturated heterocycles. The summed E-state index contributed by atoms with van der Waals surface area (Å²) in [5.41, 5.74) is 1.17. The molecule has 4 rings (SSSR count). The normalized spacial score (nSPS) is 33.5. The van der Waals surface area contributed by atoms with Crippen LogP contribution >= 0.6 is 63.7 Å². The molecule has 428 valence electrons. The fourth-order valence-corrected chi connectivity index (χ4v) is 9.31. The van der Waals surface area contributed by atoms with Crippen LogP contribution in [-0.4, -0.2) is 148 Å². The van der Waals surface area contributed by atoms with Crippen LogP contribution in [-0.2, 0) is 53.9 Å². The molecule has 22 heteroatoms. The van der Waals surface area contributed by atoms with E-state index in [2.05, 4.69) is 0 Å². The second-order valence-electron chi connectivity index (χ2n) is 19.6. The zero-order valence-electron chi connectivity index (χ0n) is 45.1. The van der Waals surface area contributed by atoms with Crippen molar-refractivity contribution < 1.29 is 82.9 Å². The summed E-state index contributed by atoms with van der Waals surface area (Å²) in [5, 5.41) is 67.3. The molecule has 3 aliphatic rings. The number of hydrogen-bond donors (Lipinski definition) is 6. The average molecular weight is 1160 g/mol. The molecule has 3 heterocycles. The Morgan fingerprint density at radius 3 is 2.11 bits per heavy atom. The molecule has 1 aromatic carbocycles. The van der Waals surface area contributed by atoms with Crippen LogP contribution < -0.4 is 0 Å². The zero-order chi connectivity index (χ0) is 54.1. The van der Waals surface area contributed by atoms with Gasteiger partial charge < -0.3 is 68.5 Å². The summed E-state index contributed by atoms with van der Waals surface area (Å²) in [6.07, 6.45) is -4.88. The largest absolute Gasteiger partial charge is 0.505 e. The summed E-state index contributed by atoms with van der Waals surface area (Å²) in [7, 11) is 1.29. The predicted molar refractivity (Wildman–Crippen MR) is 299 cm³/mol. The summed E-state index contributed by atoms with van der Waals surface area (Å²) < 4.78 is 47.7. The predicted octanol–water partition coefficient (Wildman–Crippen LogP) is 7.18. The Kier molecular flexibility index (Phi) is 29.3. The van der Waals surface area contributed by atoms with Crippen LogP contribution in [0, 0.1) is 18.8 Å². The molecule has 17 nitrogen and oxygen atoms in total. The molecular formula is C53H82Cl2O17S3. The number of halogens is 2. The van der Waals surface area contributed by atoms with Gasteiger partial charge in [0.25, 0.3) is 0 Å². The number of allylic oxidation sites excluding steroid dienone is 4. The summed E-state index contributed by atoms with van der Waals surface area (Å²) in [6.45, 7) is 19.9. The monoisotopic (exact) mass is 1160 g/mol. The van der Waals surface area contributed by atoms with E-state index in [1.54, 1.807) is 66.7 Å². The van der Waals surface area contributed by atoms with E-state index < -0.39 is 122 Å². The van der Waals surface area contributed by atoms with Gasteiger partial charge in [0.05, 0.1) is 47.5 Å². The Bertz CT molecular complexity index is 2230. The molecule has 3 aliphatic heterocycles.